The molecule has 1 unspecified atom stereocenters. The lowest BCUT2D eigenvalue weighted by atomic mass is 10.1. The van der Waals surface area contributed by atoms with Crippen LogP contribution in [-0.4, -0.2) is 0 Å². The molecule has 0 saturated heterocycles. The second kappa shape index (κ2) is 4.91. The van der Waals surface area contributed by atoms with E-state index in [1.807, 2.05) is 31.2 Å². The fourth-order valence-electron chi connectivity index (χ4n) is 1.07. The van der Waals surface area contributed by atoms with Gasteiger partial charge in [-0.25, -0.2) is 0 Å². The molecule has 0 heterocycles. The van der Waals surface area contributed by atoms with Gasteiger partial charge in [-0.2, -0.15) is 0 Å². The predicted molar refractivity (Wildman–Crippen MR) is 56.4 cm³/mol. The van der Waals surface area contributed by atoms with Crippen LogP contribution in [0.15, 0.2) is 24.3 Å². The summed E-state index contributed by atoms with van der Waals surface area (Å²) in [4.78, 5) is 0. The minimum atomic E-state index is -0.0360. The third kappa shape index (κ3) is 3.10. The van der Waals surface area contributed by atoms with Crippen molar-refractivity contribution < 1.29 is 0 Å². The molecule has 0 aliphatic rings. The summed E-state index contributed by atoms with van der Waals surface area (Å²) in [5.41, 5.74) is 6.93. The topological polar surface area (TPSA) is 26.0 Å². The molecule has 0 amide bonds. The first-order valence-corrected chi connectivity index (χ1v) is 4.52. The van der Waals surface area contributed by atoms with Crippen molar-refractivity contribution in [3.8, 4) is 11.8 Å². The molecule has 0 aromatic heterocycles. The number of halogens is 1. The Morgan fingerprint density at radius 1 is 1.54 bits per heavy atom. The van der Waals surface area contributed by atoms with E-state index in [-0.39, 0.29) is 6.04 Å². The molecule has 0 aliphatic heterocycles. The minimum absolute atomic E-state index is 0.0360. The van der Waals surface area contributed by atoms with Gasteiger partial charge in [0.1, 0.15) is 0 Å². The lowest BCUT2D eigenvalue weighted by molar-refractivity contribution is 0.754. The third-order valence-corrected chi connectivity index (χ3v) is 2.01. The van der Waals surface area contributed by atoms with E-state index in [4.69, 9.17) is 17.3 Å². The number of benzene rings is 1. The smallest absolute Gasteiger partial charge is 0.0409 e. The molecule has 1 atom stereocenters. The van der Waals surface area contributed by atoms with Gasteiger partial charge < -0.3 is 5.73 Å². The summed E-state index contributed by atoms with van der Waals surface area (Å²) in [5.74, 6) is 5.77. The van der Waals surface area contributed by atoms with Crippen LogP contribution < -0.4 is 5.73 Å². The zero-order valence-corrected chi connectivity index (χ0v) is 8.31. The van der Waals surface area contributed by atoms with Gasteiger partial charge in [-0.15, -0.1) is 11.8 Å². The minimum Gasteiger partial charge on any atom is -0.323 e. The van der Waals surface area contributed by atoms with Crippen LogP contribution in [-0.2, 0) is 0 Å². The van der Waals surface area contributed by atoms with Gasteiger partial charge in [-0.3, -0.25) is 0 Å². The van der Waals surface area contributed by atoms with Crippen LogP contribution in [0, 0.1) is 11.8 Å². The third-order valence-electron chi connectivity index (χ3n) is 1.78. The van der Waals surface area contributed by atoms with Gasteiger partial charge >= 0.3 is 0 Å². The molecule has 0 saturated carbocycles. The molecule has 0 bridgehead atoms. The van der Waals surface area contributed by atoms with Gasteiger partial charge in [0.25, 0.3) is 0 Å². The summed E-state index contributed by atoms with van der Waals surface area (Å²) in [6.45, 7) is 1.81. The van der Waals surface area contributed by atoms with Gasteiger partial charge in [0.15, 0.2) is 0 Å². The molecule has 1 rings (SSSR count). The highest BCUT2D eigenvalue weighted by molar-refractivity contribution is 6.30. The Labute approximate surface area is 83.9 Å². The number of rotatable bonds is 2. The van der Waals surface area contributed by atoms with E-state index in [0.717, 1.165) is 10.6 Å². The maximum absolute atomic E-state index is 5.89. The molecule has 13 heavy (non-hydrogen) atoms. The van der Waals surface area contributed by atoms with Crippen molar-refractivity contribution in [3.05, 3.63) is 34.9 Å². The molecule has 2 heteroatoms. The average molecular weight is 194 g/mol. The molecule has 0 fully saturated rings. The summed E-state index contributed by atoms with van der Waals surface area (Å²) < 4.78 is 0. The fraction of sp³-hybridized carbons (Fsp3) is 0.273. The quantitative estimate of drug-likeness (QED) is 0.719. The largest absolute Gasteiger partial charge is 0.323 e. The SMILES string of the molecule is CC#CCC(N)c1cccc(Cl)c1. The summed E-state index contributed by atoms with van der Waals surface area (Å²) >= 11 is 5.83. The van der Waals surface area contributed by atoms with E-state index in [9.17, 15) is 0 Å². The Hall–Kier alpha value is -0.970. The second-order valence-corrected chi connectivity index (χ2v) is 3.23. The van der Waals surface area contributed by atoms with E-state index in [2.05, 4.69) is 11.8 Å². The number of nitrogens with two attached hydrogens (primary N) is 1. The van der Waals surface area contributed by atoms with Gasteiger partial charge in [-0.1, -0.05) is 23.7 Å². The average Bonchev–Trinajstić information content (AvgIpc) is 2.14. The van der Waals surface area contributed by atoms with E-state index < -0.39 is 0 Å². The van der Waals surface area contributed by atoms with Crippen LogP contribution in [0.5, 0.6) is 0 Å². The summed E-state index contributed by atoms with van der Waals surface area (Å²) in [6, 6.07) is 7.55. The van der Waals surface area contributed by atoms with Crippen LogP contribution in [0.25, 0.3) is 0 Å². The second-order valence-electron chi connectivity index (χ2n) is 2.79. The van der Waals surface area contributed by atoms with Crippen LogP contribution >= 0.6 is 11.6 Å². The van der Waals surface area contributed by atoms with Gasteiger partial charge in [-0.05, 0) is 24.6 Å². The molecule has 1 aromatic carbocycles. The molecular weight excluding hydrogens is 182 g/mol. The van der Waals surface area contributed by atoms with Crippen molar-refractivity contribution in [3.63, 3.8) is 0 Å². The van der Waals surface area contributed by atoms with Crippen molar-refractivity contribution in [2.75, 3.05) is 0 Å². The van der Waals surface area contributed by atoms with E-state index in [1.54, 1.807) is 0 Å². The standard InChI is InChI=1S/C11H12ClN/c1-2-3-7-11(13)9-5-4-6-10(12)8-9/h4-6,8,11H,7,13H2,1H3. The molecule has 68 valence electrons. The Bertz CT molecular complexity index is 335. The van der Waals surface area contributed by atoms with E-state index in [1.165, 1.54) is 0 Å². The molecule has 0 spiro atoms. The first-order valence-electron chi connectivity index (χ1n) is 4.14. The van der Waals surface area contributed by atoms with Crippen molar-refractivity contribution in [2.45, 2.75) is 19.4 Å². The molecule has 0 aliphatic carbocycles. The molecule has 2 N–H and O–H groups in total. The zero-order chi connectivity index (χ0) is 9.68. The van der Waals surface area contributed by atoms with Crippen molar-refractivity contribution in [2.24, 2.45) is 5.73 Å². The Kier molecular flexibility index (Phi) is 3.82. The molecule has 1 nitrogen and oxygen atoms in total. The summed E-state index contributed by atoms with van der Waals surface area (Å²) in [7, 11) is 0. The van der Waals surface area contributed by atoms with Crippen molar-refractivity contribution >= 4 is 11.6 Å². The molecule has 0 radical (unpaired) electrons. The number of hydrogen-bond donors (Lipinski definition) is 1. The maximum Gasteiger partial charge on any atom is 0.0409 e. The molecular formula is C11H12ClN. The van der Waals surface area contributed by atoms with Crippen molar-refractivity contribution in [1.82, 2.24) is 0 Å². The lowest BCUT2D eigenvalue weighted by Gasteiger charge is -2.07. The first-order chi connectivity index (χ1) is 6.24. The Morgan fingerprint density at radius 2 is 2.31 bits per heavy atom. The highest BCUT2D eigenvalue weighted by Gasteiger charge is 2.03. The highest BCUT2D eigenvalue weighted by atomic mass is 35.5. The Morgan fingerprint density at radius 3 is 2.92 bits per heavy atom. The monoisotopic (exact) mass is 193 g/mol. The predicted octanol–water partition coefficient (Wildman–Crippen LogP) is 2.75. The normalized spacial score (nSPS) is 11.6. The van der Waals surface area contributed by atoms with Crippen molar-refractivity contribution in [1.29, 1.82) is 0 Å². The lowest BCUT2D eigenvalue weighted by Crippen LogP contribution is -2.08. The first kappa shape index (κ1) is 10.1. The van der Waals surface area contributed by atoms with Crippen LogP contribution in [0.2, 0.25) is 5.02 Å². The summed E-state index contributed by atoms with van der Waals surface area (Å²) in [6.07, 6.45) is 0.677. The van der Waals surface area contributed by atoms with Crippen LogP contribution in [0.1, 0.15) is 24.9 Å². The fourth-order valence-corrected chi connectivity index (χ4v) is 1.27. The maximum atomic E-state index is 5.89. The zero-order valence-electron chi connectivity index (χ0n) is 7.55. The number of hydrogen-bond acceptors (Lipinski definition) is 1. The molecule has 1 aromatic rings. The van der Waals surface area contributed by atoms with Gasteiger partial charge in [0, 0.05) is 17.5 Å². The van der Waals surface area contributed by atoms with E-state index >= 15 is 0 Å². The van der Waals surface area contributed by atoms with Gasteiger partial charge in [0.2, 0.25) is 0 Å². The van der Waals surface area contributed by atoms with E-state index in [0.29, 0.717) is 6.42 Å². The highest BCUT2D eigenvalue weighted by Crippen LogP contribution is 2.17. The van der Waals surface area contributed by atoms with Crippen LogP contribution in [0.3, 0.4) is 0 Å². The van der Waals surface area contributed by atoms with Gasteiger partial charge in [0.05, 0.1) is 0 Å². The summed E-state index contributed by atoms with van der Waals surface area (Å²) in [5, 5.41) is 0.720. The Balaban J connectivity index is 2.74. The van der Waals surface area contributed by atoms with Crippen LogP contribution in [0.4, 0.5) is 0 Å².